The number of halogens is 3. The second-order valence-corrected chi connectivity index (χ2v) is 3.75. The molecule has 0 aliphatic rings. The number of nitro benzene ring substituents is 1. The van der Waals surface area contributed by atoms with E-state index < -0.39 is 17.5 Å². The minimum Gasteiger partial charge on any atom is -0.385 e. The molecule has 1 aromatic carbocycles. The Morgan fingerprint density at radius 1 is 1.42 bits per heavy atom. The van der Waals surface area contributed by atoms with Crippen LogP contribution in [0.5, 0.6) is 0 Å². The highest BCUT2D eigenvalue weighted by molar-refractivity contribution is 5.58. The second-order valence-electron chi connectivity index (χ2n) is 3.75. The van der Waals surface area contributed by atoms with E-state index in [1.165, 1.54) is 12.1 Å². The molecule has 8 heteroatoms. The van der Waals surface area contributed by atoms with E-state index in [4.69, 9.17) is 5.26 Å². The lowest BCUT2D eigenvalue weighted by Crippen LogP contribution is -2.11. The summed E-state index contributed by atoms with van der Waals surface area (Å²) in [4.78, 5) is 9.88. The van der Waals surface area contributed by atoms with E-state index in [1.807, 2.05) is 0 Å². The van der Waals surface area contributed by atoms with Crippen LogP contribution in [0, 0.1) is 21.4 Å². The van der Waals surface area contributed by atoms with E-state index in [0.29, 0.717) is 5.69 Å². The van der Waals surface area contributed by atoms with Crippen LogP contribution in [0.15, 0.2) is 18.2 Å². The monoisotopic (exact) mass is 273 g/mol. The number of hydrogen-bond donors (Lipinski definition) is 1. The fourth-order valence-electron chi connectivity index (χ4n) is 1.42. The van der Waals surface area contributed by atoms with Gasteiger partial charge in [0.15, 0.2) is 0 Å². The van der Waals surface area contributed by atoms with Crippen LogP contribution in [-0.2, 0) is 0 Å². The first-order chi connectivity index (χ1) is 8.83. The first-order valence-corrected chi connectivity index (χ1v) is 5.32. The van der Waals surface area contributed by atoms with Crippen LogP contribution >= 0.6 is 0 Å². The lowest BCUT2D eigenvalue weighted by molar-refractivity contribution is -0.385. The van der Waals surface area contributed by atoms with Gasteiger partial charge in [0.25, 0.3) is 5.69 Å². The molecule has 0 aliphatic heterocycles. The molecule has 0 bridgehead atoms. The van der Waals surface area contributed by atoms with Gasteiger partial charge in [-0.3, -0.25) is 10.1 Å². The first-order valence-electron chi connectivity index (χ1n) is 5.32. The summed E-state index contributed by atoms with van der Waals surface area (Å²) in [5.74, 6) is 0. The van der Waals surface area contributed by atoms with E-state index in [-0.39, 0.29) is 24.2 Å². The number of nitriles is 1. The molecule has 5 nitrogen and oxygen atoms in total. The number of alkyl halides is 3. The molecule has 0 unspecified atom stereocenters. The van der Waals surface area contributed by atoms with Crippen molar-refractivity contribution in [3.8, 4) is 6.07 Å². The standard InChI is InChI=1S/C11H10F3N3O2/c12-11(13,14)4-1-5-16-9-2-3-10(17(18)19)8(6-9)7-15/h2-3,6,16H,1,4-5H2. The summed E-state index contributed by atoms with van der Waals surface area (Å²) in [7, 11) is 0. The van der Waals surface area contributed by atoms with E-state index in [9.17, 15) is 23.3 Å². The van der Waals surface area contributed by atoms with Crippen LogP contribution in [0.25, 0.3) is 0 Å². The van der Waals surface area contributed by atoms with Gasteiger partial charge < -0.3 is 5.32 Å². The first kappa shape index (κ1) is 14.8. The highest BCUT2D eigenvalue weighted by Gasteiger charge is 2.25. The van der Waals surface area contributed by atoms with Crippen molar-refractivity contribution >= 4 is 11.4 Å². The minimum absolute atomic E-state index is 0.0716. The van der Waals surface area contributed by atoms with E-state index in [2.05, 4.69) is 5.32 Å². The normalized spacial score (nSPS) is 10.8. The largest absolute Gasteiger partial charge is 0.389 e. The van der Waals surface area contributed by atoms with Gasteiger partial charge in [0.1, 0.15) is 11.6 Å². The molecular weight excluding hydrogens is 263 g/mol. The molecule has 1 N–H and O–H groups in total. The topological polar surface area (TPSA) is 79.0 Å². The maximum Gasteiger partial charge on any atom is 0.389 e. The van der Waals surface area contributed by atoms with Gasteiger partial charge in [-0.05, 0) is 18.6 Å². The number of anilines is 1. The molecule has 0 saturated carbocycles. The fourth-order valence-corrected chi connectivity index (χ4v) is 1.42. The zero-order valence-corrected chi connectivity index (χ0v) is 9.70. The van der Waals surface area contributed by atoms with Crippen molar-refractivity contribution in [2.75, 3.05) is 11.9 Å². The molecule has 19 heavy (non-hydrogen) atoms. The van der Waals surface area contributed by atoms with Crippen LogP contribution in [0.1, 0.15) is 18.4 Å². The number of rotatable bonds is 5. The zero-order valence-electron chi connectivity index (χ0n) is 9.70. The molecule has 1 aromatic rings. The second kappa shape index (κ2) is 6.04. The average Bonchev–Trinajstić information content (AvgIpc) is 2.33. The zero-order chi connectivity index (χ0) is 14.5. The van der Waals surface area contributed by atoms with Crippen LogP contribution in [0.4, 0.5) is 24.5 Å². The maximum absolute atomic E-state index is 11.9. The third-order valence-corrected chi connectivity index (χ3v) is 2.28. The Morgan fingerprint density at radius 3 is 2.63 bits per heavy atom. The molecule has 0 amide bonds. The van der Waals surface area contributed by atoms with Crippen molar-refractivity contribution < 1.29 is 18.1 Å². The summed E-state index contributed by atoms with van der Waals surface area (Å²) >= 11 is 0. The Labute approximate surface area is 106 Å². The van der Waals surface area contributed by atoms with Crippen molar-refractivity contribution in [2.24, 2.45) is 0 Å². The number of benzene rings is 1. The summed E-state index contributed by atoms with van der Waals surface area (Å²) < 4.78 is 35.7. The van der Waals surface area contributed by atoms with Crippen molar-refractivity contribution in [1.82, 2.24) is 0 Å². The molecule has 0 aliphatic carbocycles. The quantitative estimate of drug-likeness (QED) is 0.507. The molecule has 102 valence electrons. The summed E-state index contributed by atoms with van der Waals surface area (Å²) in [6, 6.07) is 5.41. The van der Waals surface area contributed by atoms with Crippen molar-refractivity contribution in [3.05, 3.63) is 33.9 Å². The van der Waals surface area contributed by atoms with Crippen LogP contribution in [0.3, 0.4) is 0 Å². The Bertz CT molecular complexity index is 509. The Morgan fingerprint density at radius 2 is 2.11 bits per heavy atom. The maximum atomic E-state index is 11.9. The number of nitrogens with zero attached hydrogens (tertiary/aromatic N) is 2. The third kappa shape index (κ3) is 4.83. The average molecular weight is 273 g/mol. The number of nitrogens with one attached hydrogen (secondary N) is 1. The summed E-state index contributed by atoms with van der Waals surface area (Å²) in [6.07, 6.45) is -5.21. The van der Waals surface area contributed by atoms with Gasteiger partial charge >= 0.3 is 6.18 Å². The van der Waals surface area contributed by atoms with Gasteiger partial charge in [-0.25, -0.2) is 0 Å². The number of nitro groups is 1. The van der Waals surface area contributed by atoms with E-state index in [1.54, 1.807) is 6.07 Å². The molecule has 0 aromatic heterocycles. The smallest absolute Gasteiger partial charge is 0.385 e. The van der Waals surface area contributed by atoms with Gasteiger partial charge in [-0.15, -0.1) is 0 Å². The van der Waals surface area contributed by atoms with Crippen LogP contribution in [0.2, 0.25) is 0 Å². The summed E-state index contributed by atoms with van der Waals surface area (Å²) in [5, 5.41) is 22.0. The van der Waals surface area contributed by atoms with Crippen molar-refractivity contribution in [3.63, 3.8) is 0 Å². The van der Waals surface area contributed by atoms with Crippen LogP contribution < -0.4 is 5.32 Å². The molecule has 0 radical (unpaired) electrons. The molecule has 0 saturated heterocycles. The molecule has 0 atom stereocenters. The lowest BCUT2D eigenvalue weighted by atomic mass is 10.1. The Balaban J connectivity index is 2.61. The number of hydrogen-bond acceptors (Lipinski definition) is 4. The Kier molecular flexibility index (Phi) is 4.69. The van der Waals surface area contributed by atoms with Gasteiger partial charge in [0, 0.05) is 24.7 Å². The Hall–Kier alpha value is -2.30. The predicted molar refractivity (Wildman–Crippen MR) is 61.6 cm³/mol. The van der Waals surface area contributed by atoms with E-state index >= 15 is 0 Å². The van der Waals surface area contributed by atoms with Gasteiger partial charge in [0.2, 0.25) is 0 Å². The molecule has 0 fully saturated rings. The van der Waals surface area contributed by atoms with Gasteiger partial charge in [0.05, 0.1) is 4.92 Å². The predicted octanol–water partition coefficient (Wildman–Crippen LogP) is 3.22. The van der Waals surface area contributed by atoms with Crippen molar-refractivity contribution in [1.29, 1.82) is 5.26 Å². The highest BCUT2D eigenvalue weighted by atomic mass is 19.4. The molecular formula is C11H10F3N3O2. The third-order valence-electron chi connectivity index (χ3n) is 2.28. The van der Waals surface area contributed by atoms with E-state index in [0.717, 1.165) is 6.07 Å². The summed E-state index contributed by atoms with van der Waals surface area (Å²) in [6.45, 7) is 0.0716. The highest BCUT2D eigenvalue weighted by Crippen LogP contribution is 2.23. The minimum atomic E-state index is -4.20. The molecule has 0 spiro atoms. The summed E-state index contributed by atoms with van der Waals surface area (Å²) in [5.41, 5.74) is -0.0847. The molecule has 0 heterocycles. The lowest BCUT2D eigenvalue weighted by Gasteiger charge is -2.08. The fraction of sp³-hybridized carbons (Fsp3) is 0.364. The van der Waals surface area contributed by atoms with Gasteiger partial charge in [-0.1, -0.05) is 0 Å². The SMILES string of the molecule is N#Cc1cc(NCCCC(F)(F)F)ccc1[N+](=O)[O-]. The van der Waals surface area contributed by atoms with Crippen LogP contribution in [-0.4, -0.2) is 17.6 Å². The molecule has 1 rings (SSSR count). The van der Waals surface area contributed by atoms with Crippen molar-refractivity contribution in [2.45, 2.75) is 19.0 Å². The van der Waals surface area contributed by atoms with Gasteiger partial charge in [-0.2, -0.15) is 18.4 Å².